The number of nitrogens with zero attached hydrogens (tertiary/aromatic N) is 2. The van der Waals surface area contributed by atoms with Gasteiger partial charge >= 0.3 is 0 Å². The number of sulfonamides is 1. The van der Waals surface area contributed by atoms with Crippen molar-refractivity contribution in [2.24, 2.45) is 0 Å². The Morgan fingerprint density at radius 3 is 2.19 bits per heavy atom. The van der Waals surface area contributed by atoms with Gasteiger partial charge in [0.25, 0.3) is 0 Å². The highest BCUT2D eigenvalue weighted by atomic mass is 35.5. The topological polar surface area (TPSA) is 86.8 Å². The number of nitrogens with one attached hydrogen (secondary N) is 1. The number of carbonyl (C=O) groups is 2. The van der Waals surface area contributed by atoms with Crippen molar-refractivity contribution in [3.05, 3.63) is 64.9 Å². The second-order valence-corrected chi connectivity index (χ2v) is 9.66. The van der Waals surface area contributed by atoms with Crippen molar-refractivity contribution >= 4 is 33.4 Å². The van der Waals surface area contributed by atoms with Crippen LogP contribution in [-0.4, -0.2) is 55.6 Å². The van der Waals surface area contributed by atoms with Crippen LogP contribution in [0.25, 0.3) is 0 Å². The van der Waals surface area contributed by atoms with Crippen LogP contribution in [0.15, 0.2) is 53.4 Å². The lowest BCUT2D eigenvalue weighted by Gasteiger charge is -2.31. The largest absolute Gasteiger partial charge is 0.355 e. The molecule has 2 aromatic carbocycles. The first-order chi connectivity index (χ1) is 15.1. The van der Waals surface area contributed by atoms with E-state index in [2.05, 4.69) is 5.32 Å². The van der Waals surface area contributed by atoms with Gasteiger partial charge in [-0.25, -0.2) is 12.8 Å². The Morgan fingerprint density at radius 2 is 1.66 bits per heavy atom. The minimum absolute atomic E-state index is 0.00180. The molecule has 0 aliphatic heterocycles. The number of hydrogen-bond acceptors (Lipinski definition) is 4. The first-order valence-corrected chi connectivity index (χ1v) is 12.0. The van der Waals surface area contributed by atoms with Gasteiger partial charge in [0, 0.05) is 25.2 Å². The summed E-state index contributed by atoms with van der Waals surface area (Å²) in [6.07, 6.45) is 0.326. The van der Waals surface area contributed by atoms with Gasteiger partial charge in [0.2, 0.25) is 21.8 Å². The molecule has 0 fully saturated rings. The molecule has 32 heavy (non-hydrogen) atoms. The molecule has 0 saturated heterocycles. The number of benzene rings is 2. The van der Waals surface area contributed by atoms with E-state index in [0.29, 0.717) is 23.6 Å². The zero-order valence-corrected chi connectivity index (χ0v) is 19.8. The molecule has 7 nitrogen and oxygen atoms in total. The Labute approximate surface area is 193 Å². The molecular formula is C22H27ClFN3O4S. The average molecular weight is 484 g/mol. The van der Waals surface area contributed by atoms with Crippen molar-refractivity contribution in [3.63, 3.8) is 0 Å². The third-order valence-corrected chi connectivity index (χ3v) is 6.95. The molecule has 10 heteroatoms. The Morgan fingerprint density at radius 1 is 1.06 bits per heavy atom. The Balaban J connectivity index is 2.30. The lowest BCUT2D eigenvalue weighted by atomic mass is 10.1. The van der Waals surface area contributed by atoms with Crippen LogP contribution in [0.3, 0.4) is 0 Å². The monoisotopic (exact) mass is 483 g/mol. The Kier molecular flexibility index (Phi) is 9.18. The van der Waals surface area contributed by atoms with E-state index >= 15 is 0 Å². The van der Waals surface area contributed by atoms with Gasteiger partial charge in [-0.05, 0) is 55.3 Å². The van der Waals surface area contributed by atoms with Gasteiger partial charge in [-0.1, -0.05) is 30.7 Å². The number of hydrogen-bond donors (Lipinski definition) is 1. The van der Waals surface area contributed by atoms with Crippen LogP contribution in [0.2, 0.25) is 5.02 Å². The minimum atomic E-state index is -3.95. The van der Waals surface area contributed by atoms with Crippen LogP contribution >= 0.6 is 11.6 Å². The fourth-order valence-electron chi connectivity index (χ4n) is 3.15. The fraction of sp³-hybridized carbons (Fsp3) is 0.364. The van der Waals surface area contributed by atoms with E-state index in [9.17, 15) is 22.4 Å². The van der Waals surface area contributed by atoms with E-state index in [0.717, 1.165) is 4.31 Å². The molecule has 0 spiro atoms. The van der Waals surface area contributed by atoms with Gasteiger partial charge < -0.3 is 10.2 Å². The molecule has 0 bridgehead atoms. The standard InChI is InChI=1S/C22H27ClFN3O4S/c1-4-20(22(29)25-5-2)27(14-16-6-10-18(24)11-7-16)21(28)15-26(3)32(30,31)19-12-8-17(23)9-13-19/h6-13,20H,4-5,14-15H2,1-3H3,(H,25,29)/t20-/m0/s1. The first kappa shape index (κ1) is 25.8. The average Bonchev–Trinajstić information content (AvgIpc) is 2.75. The zero-order valence-electron chi connectivity index (χ0n) is 18.2. The highest BCUT2D eigenvalue weighted by Gasteiger charge is 2.31. The zero-order chi connectivity index (χ0) is 23.9. The van der Waals surface area contributed by atoms with Gasteiger partial charge in [-0.2, -0.15) is 4.31 Å². The van der Waals surface area contributed by atoms with Gasteiger partial charge in [0.05, 0.1) is 11.4 Å². The molecule has 0 radical (unpaired) electrons. The summed E-state index contributed by atoms with van der Waals surface area (Å²) in [6.45, 7) is 3.48. The summed E-state index contributed by atoms with van der Waals surface area (Å²) < 4.78 is 40.0. The molecular weight excluding hydrogens is 457 g/mol. The highest BCUT2D eigenvalue weighted by Crippen LogP contribution is 2.19. The normalized spacial score (nSPS) is 12.4. The predicted molar refractivity (Wildman–Crippen MR) is 121 cm³/mol. The molecule has 0 saturated carbocycles. The van der Waals surface area contributed by atoms with Gasteiger partial charge in [-0.15, -0.1) is 0 Å². The van der Waals surface area contributed by atoms with Crippen molar-refractivity contribution in [2.45, 2.75) is 37.8 Å². The number of likely N-dealkylation sites (N-methyl/N-ethyl adjacent to an activating group) is 2. The van der Waals surface area contributed by atoms with Crippen LogP contribution < -0.4 is 5.32 Å². The number of amides is 2. The van der Waals surface area contributed by atoms with Crippen molar-refractivity contribution in [3.8, 4) is 0 Å². The molecule has 0 heterocycles. The quantitative estimate of drug-likeness (QED) is 0.562. The molecule has 0 aromatic heterocycles. The minimum Gasteiger partial charge on any atom is -0.355 e. The summed E-state index contributed by atoms with van der Waals surface area (Å²) in [6, 6.07) is 10.4. The predicted octanol–water partition coefficient (Wildman–Crippen LogP) is 3.04. The number of rotatable bonds is 10. The summed E-state index contributed by atoms with van der Waals surface area (Å²) in [5.74, 6) is -1.31. The lowest BCUT2D eigenvalue weighted by molar-refractivity contribution is -0.141. The summed E-state index contributed by atoms with van der Waals surface area (Å²) in [4.78, 5) is 27.1. The van der Waals surface area contributed by atoms with Crippen LogP contribution in [0, 0.1) is 5.82 Å². The van der Waals surface area contributed by atoms with E-state index in [1.165, 1.54) is 60.5 Å². The highest BCUT2D eigenvalue weighted by molar-refractivity contribution is 7.89. The smallest absolute Gasteiger partial charge is 0.243 e. The molecule has 0 aliphatic carbocycles. The van der Waals surface area contributed by atoms with Crippen LogP contribution in [0.4, 0.5) is 4.39 Å². The van der Waals surface area contributed by atoms with Crippen molar-refractivity contribution in [1.29, 1.82) is 0 Å². The van der Waals surface area contributed by atoms with Crippen molar-refractivity contribution < 1.29 is 22.4 Å². The Bertz CT molecular complexity index is 1030. The van der Waals surface area contributed by atoms with E-state index in [1.54, 1.807) is 13.8 Å². The van der Waals surface area contributed by atoms with Crippen molar-refractivity contribution in [2.75, 3.05) is 20.1 Å². The van der Waals surface area contributed by atoms with E-state index in [1.807, 2.05) is 0 Å². The molecule has 2 amide bonds. The molecule has 0 aliphatic rings. The molecule has 2 rings (SSSR count). The van der Waals surface area contributed by atoms with Gasteiger partial charge in [0.15, 0.2) is 0 Å². The molecule has 0 unspecified atom stereocenters. The third-order valence-electron chi connectivity index (χ3n) is 4.88. The van der Waals surface area contributed by atoms with E-state index < -0.39 is 34.3 Å². The fourth-order valence-corrected chi connectivity index (χ4v) is 4.40. The van der Waals surface area contributed by atoms with Gasteiger partial charge in [-0.3, -0.25) is 9.59 Å². The maximum absolute atomic E-state index is 13.3. The summed E-state index contributed by atoms with van der Waals surface area (Å²) in [5, 5.41) is 3.09. The van der Waals surface area contributed by atoms with E-state index in [4.69, 9.17) is 11.6 Å². The maximum Gasteiger partial charge on any atom is 0.243 e. The van der Waals surface area contributed by atoms with Crippen LogP contribution in [0.5, 0.6) is 0 Å². The van der Waals surface area contributed by atoms with Crippen molar-refractivity contribution in [1.82, 2.24) is 14.5 Å². The summed E-state index contributed by atoms with van der Waals surface area (Å²) in [7, 11) is -2.65. The van der Waals surface area contributed by atoms with E-state index in [-0.39, 0.29) is 17.3 Å². The second kappa shape index (κ2) is 11.4. The molecule has 2 aromatic rings. The number of halogens is 2. The first-order valence-electron chi connectivity index (χ1n) is 10.1. The third kappa shape index (κ3) is 6.51. The lowest BCUT2D eigenvalue weighted by Crippen LogP contribution is -2.51. The SMILES string of the molecule is CCNC(=O)[C@H](CC)N(Cc1ccc(F)cc1)C(=O)CN(C)S(=O)(=O)c1ccc(Cl)cc1. The number of carbonyl (C=O) groups excluding carboxylic acids is 2. The Hall–Kier alpha value is -2.49. The summed E-state index contributed by atoms with van der Waals surface area (Å²) >= 11 is 5.83. The molecule has 1 atom stereocenters. The van der Waals surface area contributed by atoms with Gasteiger partial charge in [0.1, 0.15) is 11.9 Å². The summed E-state index contributed by atoms with van der Waals surface area (Å²) in [5.41, 5.74) is 0.616. The van der Waals surface area contributed by atoms with Crippen LogP contribution in [0.1, 0.15) is 25.8 Å². The molecule has 1 N–H and O–H groups in total. The molecule has 174 valence electrons. The van der Waals surface area contributed by atoms with Crippen LogP contribution in [-0.2, 0) is 26.2 Å². The second-order valence-electron chi connectivity index (χ2n) is 7.18. The maximum atomic E-state index is 13.3.